The number of hydrogen-bond donors (Lipinski definition) is 2. The molecule has 0 saturated heterocycles. The normalized spacial score (nSPS) is 11.9. The third-order valence-corrected chi connectivity index (χ3v) is 5.17. The molecule has 2 amide bonds. The van der Waals surface area contributed by atoms with Crippen molar-refractivity contribution in [2.75, 3.05) is 5.32 Å². The van der Waals surface area contributed by atoms with Gasteiger partial charge in [0.15, 0.2) is 5.13 Å². The first-order chi connectivity index (χ1) is 12.6. The average Bonchev–Trinajstić information content (AvgIpc) is 3.22. The molecule has 0 radical (unpaired) electrons. The number of rotatable bonds is 7. The highest BCUT2D eigenvalue weighted by Crippen LogP contribution is 2.21. The van der Waals surface area contributed by atoms with E-state index in [9.17, 15) is 4.79 Å². The summed E-state index contributed by atoms with van der Waals surface area (Å²) in [7, 11) is 2.04. The van der Waals surface area contributed by atoms with Gasteiger partial charge in [0, 0.05) is 42.5 Å². The van der Waals surface area contributed by atoms with E-state index < -0.39 is 0 Å². The second kappa shape index (κ2) is 8.67. The number of nitrogens with one attached hydrogen (secondary N) is 2. The van der Waals surface area contributed by atoms with E-state index in [1.807, 2.05) is 50.6 Å². The molecule has 0 aliphatic carbocycles. The summed E-state index contributed by atoms with van der Waals surface area (Å²) in [5.74, 6) is 0. The van der Waals surface area contributed by atoms with Crippen LogP contribution in [0.1, 0.15) is 29.5 Å². The van der Waals surface area contributed by atoms with Crippen LogP contribution in [0.15, 0.2) is 54.9 Å². The van der Waals surface area contributed by atoms with Gasteiger partial charge in [-0.25, -0.2) is 9.78 Å². The molecule has 1 unspecified atom stereocenters. The zero-order chi connectivity index (χ0) is 18.4. The van der Waals surface area contributed by atoms with Gasteiger partial charge in [-0.2, -0.15) is 0 Å². The van der Waals surface area contributed by atoms with Gasteiger partial charge in [-0.15, -0.1) is 11.3 Å². The number of nitrogens with zero attached hydrogens (tertiary/aromatic N) is 2. The minimum absolute atomic E-state index is 0.0913. The fraction of sp³-hybridized carbons (Fsp3) is 0.300. The quantitative estimate of drug-likeness (QED) is 0.656. The molecule has 2 N–H and O–H groups in total. The molecule has 1 aromatic carbocycles. The molecule has 1 atom stereocenters. The minimum Gasteiger partial charge on any atom is -0.354 e. The predicted octanol–water partition coefficient (Wildman–Crippen LogP) is 4.22. The molecular weight excluding hydrogens is 344 g/mol. The molecule has 5 nitrogen and oxygen atoms in total. The number of anilines is 1. The van der Waals surface area contributed by atoms with Crippen molar-refractivity contribution in [3.63, 3.8) is 0 Å². The summed E-state index contributed by atoms with van der Waals surface area (Å²) in [4.78, 5) is 17.6. The maximum Gasteiger partial charge on any atom is 0.321 e. The Bertz CT molecular complexity index is 840. The Kier molecular flexibility index (Phi) is 6.07. The third-order valence-electron chi connectivity index (χ3n) is 4.26. The van der Waals surface area contributed by atoms with Gasteiger partial charge in [-0.1, -0.05) is 30.3 Å². The SMILES string of the molecule is CC(CCc1cccn1C)NC(=O)Nc1ncc(Cc2ccccc2)s1. The lowest BCUT2D eigenvalue weighted by atomic mass is 10.1. The third kappa shape index (κ3) is 5.20. The van der Waals surface area contributed by atoms with Crippen molar-refractivity contribution in [3.8, 4) is 0 Å². The number of aromatic nitrogens is 2. The number of amides is 2. The van der Waals surface area contributed by atoms with E-state index in [0.29, 0.717) is 5.13 Å². The van der Waals surface area contributed by atoms with E-state index in [-0.39, 0.29) is 12.1 Å². The Morgan fingerprint density at radius 3 is 2.77 bits per heavy atom. The van der Waals surface area contributed by atoms with Crippen LogP contribution in [0, 0.1) is 0 Å². The Labute approximate surface area is 158 Å². The molecule has 3 rings (SSSR count). The minimum atomic E-state index is -0.204. The maximum atomic E-state index is 12.2. The summed E-state index contributed by atoms with van der Waals surface area (Å²) in [5.41, 5.74) is 2.51. The van der Waals surface area contributed by atoms with E-state index in [1.54, 1.807) is 0 Å². The van der Waals surface area contributed by atoms with Gasteiger partial charge in [0.1, 0.15) is 0 Å². The highest BCUT2D eigenvalue weighted by atomic mass is 32.1. The van der Waals surface area contributed by atoms with Crippen LogP contribution in [0.2, 0.25) is 0 Å². The molecule has 136 valence electrons. The fourth-order valence-corrected chi connectivity index (χ4v) is 3.64. The number of thiazole rings is 1. The van der Waals surface area contributed by atoms with Gasteiger partial charge >= 0.3 is 6.03 Å². The molecule has 0 spiro atoms. The molecule has 0 aliphatic heterocycles. The van der Waals surface area contributed by atoms with Crippen molar-refractivity contribution < 1.29 is 4.79 Å². The summed E-state index contributed by atoms with van der Waals surface area (Å²) in [5, 5.41) is 6.44. The molecule has 0 saturated carbocycles. The van der Waals surface area contributed by atoms with Crippen molar-refractivity contribution >= 4 is 22.5 Å². The Hall–Kier alpha value is -2.60. The monoisotopic (exact) mass is 368 g/mol. The van der Waals surface area contributed by atoms with E-state index in [4.69, 9.17) is 0 Å². The lowest BCUT2D eigenvalue weighted by Gasteiger charge is -2.14. The smallest absolute Gasteiger partial charge is 0.321 e. The Morgan fingerprint density at radius 2 is 2.04 bits per heavy atom. The lowest BCUT2D eigenvalue weighted by Crippen LogP contribution is -2.36. The van der Waals surface area contributed by atoms with Gasteiger partial charge in [-0.3, -0.25) is 5.32 Å². The molecule has 0 bridgehead atoms. The molecule has 2 heterocycles. The highest BCUT2D eigenvalue weighted by molar-refractivity contribution is 7.15. The van der Waals surface area contributed by atoms with Crippen LogP contribution in [-0.4, -0.2) is 21.6 Å². The number of benzene rings is 1. The molecular formula is C20H24N4OS. The van der Waals surface area contributed by atoms with Crippen LogP contribution >= 0.6 is 11.3 Å². The van der Waals surface area contributed by atoms with Crippen LogP contribution in [0.5, 0.6) is 0 Å². The summed E-state index contributed by atoms with van der Waals surface area (Å²) < 4.78 is 2.11. The van der Waals surface area contributed by atoms with E-state index >= 15 is 0 Å². The molecule has 26 heavy (non-hydrogen) atoms. The number of aryl methyl sites for hydroxylation is 2. The van der Waals surface area contributed by atoms with Crippen molar-refractivity contribution in [2.24, 2.45) is 7.05 Å². The van der Waals surface area contributed by atoms with Crippen molar-refractivity contribution in [1.82, 2.24) is 14.9 Å². The van der Waals surface area contributed by atoms with Crippen molar-refractivity contribution in [3.05, 3.63) is 71.0 Å². The second-order valence-electron chi connectivity index (χ2n) is 6.44. The summed E-state index contributed by atoms with van der Waals surface area (Å²) >= 11 is 1.51. The predicted molar refractivity (Wildman–Crippen MR) is 107 cm³/mol. The Balaban J connectivity index is 1.45. The molecule has 0 fully saturated rings. The largest absolute Gasteiger partial charge is 0.354 e. The van der Waals surface area contributed by atoms with Gasteiger partial charge < -0.3 is 9.88 Å². The van der Waals surface area contributed by atoms with Gasteiger partial charge in [0.05, 0.1) is 0 Å². The van der Waals surface area contributed by atoms with Crippen LogP contribution in [0.25, 0.3) is 0 Å². The Morgan fingerprint density at radius 1 is 1.23 bits per heavy atom. The zero-order valence-corrected chi connectivity index (χ0v) is 15.9. The summed E-state index contributed by atoms with van der Waals surface area (Å²) in [6, 6.07) is 14.3. The standard InChI is InChI=1S/C20H24N4OS/c1-15(10-11-17-9-6-12-24(17)2)22-19(25)23-20-21-14-18(26-20)13-16-7-4-3-5-8-16/h3-9,12,14-15H,10-11,13H2,1-2H3,(H2,21,22,23,25). The average molecular weight is 369 g/mol. The van der Waals surface area contributed by atoms with Crippen LogP contribution in [0.3, 0.4) is 0 Å². The van der Waals surface area contributed by atoms with Crippen molar-refractivity contribution in [1.29, 1.82) is 0 Å². The van der Waals surface area contributed by atoms with Crippen LogP contribution < -0.4 is 10.6 Å². The van der Waals surface area contributed by atoms with Crippen LogP contribution in [-0.2, 0) is 19.9 Å². The van der Waals surface area contributed by atoms with Crippen molar-refractivity contribution in [2.45, 2.75) is 32.2 Å². The number of urea groups is 1. The topological polar surface area (TPSA) is 59.0 Å². The first kappa shape index (κ1) is 18.2. The van der Waals surface area contributed by atoms with E-state index in [1.165, 1.54) is 22.6 Å². The lowest BCUT2D eigenvalue weighted by molar-refractivity contribution is 0.248. The second-order valence-corrected chi connectivity index (χ2v) is 7.56. The summed E-state index contributed by atoms with van der Waals surface area (Å²) in [6.45, 7) is 2.02. The van der Waals surface area contributed by atoms with Gasteiger partial charge in [0.25, 0.3) is 0 Å². The van der Waals surface area contributed by atoms with E-state index in [0.717, 1.165) is 24.1 Å². The molecule has 3 aromatic rings. The number of carbonyl (C=O) groups is 1. The molecule has 2 aromatic heterocycles. The maximum absolute atomic E-state index is 12.2. The fourth-order valence-electron chi connectivity index (χ4n) is 2.79. The van der Waals surface area contributed by atoms with Gasteiger partial charge in [-0.05, 0) is 37.5 Å². The first-order valence-corrected chi connectivity index (χ1v) is 9.58. The molecule has 6 heteroatoms. The van der Waals surface area contributed by atoms with Crippen LogP contribution in [0.4, 0.5) is 9.93 Å². The van der Waals surface area contributed by atoms with E-state index in [2.05, 4.69) is 38.4 Å². The van der Waals surface area contributed by atoms with Gasteiger partial charge in [0.2, 0.25) is 0 Å². The number of carbonyl (C=O) groups excluding carboxylic acids is 1. The number of hydrogen-bond acceptors (Lipinski definition) is 3. The highest BCUT2D eigenvalue weighted by Gasteiger charge is 2.11. The summed E-state index contributed by atoms with van der Waals surface area (Å²) in [6.07, 6.45) is 6.52. The molecule has 0 aliphatic rings. The first-order valence-electron chi connectivity index (χ1n) is 8.76. The zero-order valence-electron chi connectivity index (χ0n) is 15.1.